The van der Waals surface area contributed by atoms with E-state index in [-0.39, 0.29) is 6.67 Å². The van der Waals surface area contributed by atoms with Crippen molar-refractivity contribution in [3.63, 3.8) is 0 Å². The van der Waals surface area contributed by atoms with Gasteiger partial charge in [0.05, 0.1) is 6.67 Å². The lowest BCUT2D eigenvalue weighted by Crippen LogP contribution is -2.25. The first-order chi connectivity index (χ1) is 18.2. The van der Waals surface area contributed by atoms with Crippen molar-refractivity contribution >= 4 is 0 Å². The molecule has 3 fully saturated rings. The molecule has 0 heterocycles. The second-order valence-corrected chi connectivity index (χ2v) is 13.6. The molecule has 0 bridgehead atoms. The van der Waals surface area contributed by atoms with Gasteiger partial charge in [-0.05, 0) is 104 Å². The Bertz CT molecular complexity index is 699. The molecule has 1 aromatic rings. The molecular formula is C36H59F. The van der Waals surface area contributed by atoms with Gasteiger partial charge in [0.1, 0.15) is 0 Å². The van der Waals surface area contributed by atoms with E-state index in [1.54, 1.807) is 5.56 Å². The second kappa shape index (κ2) is 16.3. The summed E-state index contributed by atoms with van der Waals surface area (Å²) in [6.45, 7) is 2.17. The number of halogens is 1. The van der Waals surface area contributed by atoms with Crippen LogP contribution in [-0.4, -0.2) is 6.67 Å². The Hall–Kier alpha value is -0.850. The molecule has 0 unspecified atom stereocenters. The van der Waals surface area contributed by atoms with Crippen molar-refractivity contribution in [2.45, 2.75) is 154 Å². The molecule has 3 saturated carbocycles. The molecule has 0 spiro atoms. The number of aryl methyl sites for hydroxylation is 1. The predicted molar refractivity (Wildman–Crippen MR) is 159 cm³/mol. The minimum atomic E-state index is -0.121. The number of benzene rings is 1. The molecular weight excluding hydrogens is 451 g/mol. The smallest absolute Gasteiger partial charge is 0.0894 e. The molecule has 37 heavy (non-hydrogen) atoms. The highest BCUT2D eigenvalue weighted by Crippen LogP contribution is 2.45. The van der Waals surface area contributed by atoms with Crippen LogP contribution >= 0.6 is 0 Å². The van der Waals surface area contributed by atoms with E-state index in [9.17, 15) is 4.39 Å². The Morgan fingerprint density at radius 3 is 1.68 bits per heavy atom. The zero-order chi connectivity index (χ0) is 25.7. The monoisotopic (exact) mass is 510 g/mol. The maximum absolute atomic E-state index is 12.3. The van der Waals surface area contributed by atoms with Gasteiger partial charge in [0.25, 0.3) is 0 Å². The molecule has 3 aliphatic carbocycles. The van der Waals surface area contributed by atoms with Crippen molar-refractivity contribution in [2.24, 2.45) is 29.6 Å². The van der Waals surface area contributed by atoms with Gasteiger partial charge in [0.2, 0.25) is 0 Å². The largest absolute Gasteiger partial charge is 0.251 e. The third-order valence-corrected chi connectivity index (χ3v) is 11.0. The maximum Gasteiger partial charge on any atom is 0.0894 e. The van der Waals surface area contributed by atoms with Gasteiger partial charge in [-0.2, -0.15) is 0 Å². The van der Waals surface area contributed by atoms with E-state index < -0.39 is 0 Å². The summed E-state index contributed by atoms with van der Waals surface area (Å²) >= 11 is 0. The SMILES string of the molecule is CCCCCc1ccc(C2CCC(C3CCC(CCC4CCC(CCCCCF)CC4)CC3)CC2)cc1. The van der Waals surface area contributed by atoms with Crippen molar-refractivity contribution in [3.05, 3.63) is 35.4 Å². The van der Waals surface area contributed by atoms with Crippen molar-refractivity contribution in [1.82, 2.24) is 0 Å². The van der Waals surface area contributed by atoms with Crippen molar-refractivity contribution < 1.29 is 4.39 Å². The van der Waals surface area contributed by atoms with Crippen LogP contribution in [-0.2, 0) is 6.42 Å². The normalized spacial score (nSPS) is 30.9. The first kappa shape index (κ1) is 29.1. The van der Waals surface area contributed by atoms with Gasteiger partial charge in [-0.25, -0.2) is 0 Å². The van der Waals surface area contributed by atoms with E-state index in [1.807, 2.05) is 0 Å². The van der Waals surface area contributed by atoms with E-state index in [0.29, 0.717) is 0 Å². The Kier molecular flexibility index (Phi) is 12.8. The molecule has 1 heteroatoms. The molecule has 210 valence electrons. The van der Waals surface area contributed by atoms with Gasteiger partial charge < -0.3 is 0 Å². The lowest BCUT2D eigenvalue weighted by atomic mass is 9.67. The van der Waals surface area contributed by atoms with Gasteiger partial charge in [0, 0.05) is 0 Å². The minimum absolute atomic E-state index is 0.121. The van der Waals surface area contributed by atoms with Gasteiger partial charge in [-0.3, -0.25) is 4.39 Å². The Morgan fingerprint density at radius 1 is 0.568 bits per heavy atom. The molecule has 0 nitrogen and oxygen atoms in total. The fourth-order valence-electron chi connectivity index (χ4n) is 8.39. The van der Waals surface area contributed by atoms with Crippen molar-refractivity contribution in [3.8, 4) is 0 Å². The zero-order valence-corrected chi connectivity index (χ0v) is 24.4. The summed E-state index contributed by atoms with van der Waals surface area (Å²) in [4.78, 5) is 0. The van der Waals surface area contributed by atoms with Gasteiger partial charge in [0.15, 0.2) is 0 Å². The third kappa shape index (κ3) is 9.69. The fraction of sp³-hybridized carbons (Fsp3) is 0.833. The number of rotatable bonds is 14. The fourth-order valence-corrected chi connectivity index (χ4v) is 8.39. The highest BCUT2D eigenvalue weighted by Gasteiger charge is 2.31. The van der Waals surface area contributed by atoms with Gasteiger partial charge in [-0.1, -0.05) is 115 Å². The summed E-state index contributed by atoms with van der Waals surface area (Å²) in [5.74, 6) is 5.87. The molecule has 0 atom stereocenters. The summed E-state index contributed by atoms with van der Waals surface area (Å²) < 4.78 is 12.3. The first-order valence-corrected chi connectivity index (χ1v) is 16.9. The predicted octanol–water partition coefficient (Wildman–Crippen LogP) is 11.6. The molecule has 1 aromatic carbocycles. The van der Waals surface area contributed by atoms with E-state index in [0.717, 1.165) is 48.3 Å². The van der Waals surface area contributed by atoms with Crippen LogP contribution in [0.5, 0.6) is 0 Å². The standard InChI is InChI=1S/C36H59F/c1-2-3-5-8-30-16-20-33(21-17-30)35-24-26-36(27-25-35)34-22-18-32(19-23-34)15-14-31-12-10-29(11-13-31)9-6-4-7-28-37/h16-17,20-21,29,31-32,34-36H,2-15,18-19,22-28H2,1H3. The third-order valence-electron chi connectivity index (χ3n) is 11.0. The second-order valence-electron chi connectivity index (χ2n) is 13.6. The number of hydrogen-bond acceptors (Lipinski definition) is 0. The van der Waals surface area contributed by atoms with E-state index in [4.69, 9.17) is 0 Å². The lowest BCUT2D eigenvalue weighted by molar-refractivity contribution is 0.149. The maximum atomic E-state index is 12.3. The molecule has 3 aliphatic rings. The molecule has 0 aromatic heterocycles. The first-order valence-electron chi connectivity index (χ1n) is 16.9. The van der Waals surface area contributed by atoms with E-state index >= 15 is 0 Å². The number of hydrogen-bond donors (Lipinski definition) is 0. The number of alkyl halides is 1. The molecule has 0 amide bonds. The topological polar surface area (TPSA) is 0 Å². The molecule has 0 radical (unpaired) electrons. The quantitative estimate of drug-likeness (QED) is 0.218. The Balaban J connectivity index is 1.07. The summed E-state index contributed by atoms with van der Waals surface area (Å²) in [6.07, 6.45) is 30.6. The van der Waals surface area contributed by atoms with Crippen LogP contribution in [0.2, 0.25) is 0 Å². The van der Waals surface area contributed by atoms with Crippen molar-refractivity contribution in [1.29, 1.82) is 0 Å². The Morgan fingerprint density at radius 2 is 1.11 bits per heavy atom. The van der Waals surface area contributed by atoms with Crippen LogP contribution in [0.1, 0.15) is 159 Å². The van der Waals surface area contributed by atoms with Crippen LogP contribution in [0.3, 0.4) is 0 Å². The van der Waals surface area contributed by atoms with Gasteiger partial charge >= 0.3 is 0 Å². The van der Waals surface area contributed by atoms with Crippen LogP contribution in [0, 0.1) is 29.6 Å². The van der Waals surface area contributed by atoms with E-state index in [1.165, 1.54) is 134 Å². The van der Waals surface area contributed by atoms with Crippen molar-refractivity contribution in [2.75, 3.05) is 6.67 Å². The summed E-state index contributed by atoms with van der Waals surface area (Å²) in [5, 5.41) is 0. The average molecular weight is 511 g/mol. The van der Waals surface area contributed by atoms with Crippen LogP contribution in [0.15, 0.2) is 24.3 Å². The van der Waals surface area contributed by atoms with Crippen LogP contribution in [0.25, 0.3) is 0 Å². The molecule has 0 N–H and O–H groups in total. The summed E-state index contributed by atoms with van der Waals surface area (Å²) in [6, 6.07) is 9.75. The zero-order valence-electron chi connectivity index (χ0n) is 24.4. The van der Waals surface area contributed by atoms with Crippen LogP contribution in [0.4, 0.5) is 4.39 Å². The van der Waals surface area contributed by atoms with E-state index in [2.05, 4.69) is 31.2 Å². The van der Waals surface area contributed by atoms with Crippen LogP contribution < -0.4 is 0 Å². The van der Waals surface area contributed by atoms with Gasteiger partial charge in [-0.15, -0.1) is 0 Å². The molecule has 4 rings (SSSR count). The lowest BCUT2D eigenvalue weighted by Gasteiger charge is -2.38. The highest BCUT2D eigenvalue weighted by atomic mass is 19.1. The summed E-state index contributed by atoms with van der Waals surface area (Å²) in [5.41, 5.74) is 3.16. The average Bonchev–Trinajstić information content (AvgIpc) is 2.96. The minimum Gasteiger partial charge on any atom is -0.251 e. The number of unbranched alkanes of at least 4 members (excludes halogenated alkanes) is 4. The molecule has 0 saturated heterocycles. The Labute approximate surface area is 230 Å². The molecule has 0 aliphatic heterocycles. The summed E-state index contributed by atoms with van der Waals surface area (Å²) in [7, 11) is 0. The highest BCUT2D eigenvalue weighted by molar-refractivity contribution is 5.26.